The summed E-state index contributed by atoms with van der Waals surface area (Å²) in [6, 6.07) is 10.3. The second-order valence-electron chi connectivity index (χ2n) is 8.64. The van der Waals surface area contributed by atoms with Gasteiger partial charge in [-0.3, -0.25) is 4.79 Å². The number of carbonyl (C=O) groups excluding carboxylic acids is 1. The molecule has 5 rings (SSSR count). The van der Waals surface area contributed by atoms with Crippen LogP contribution in [0.5, 0.6) is 0 Å². The number of aliphatic hydroxyl groups excluding tert-OH is 1. The van der Waals surface area contributed by atoms with Crippen LogP contribution in [0.2, 0.25) is 5.02 Å². The minimum Gasteiger partial charge on any atom is -0.388 e. The van der Waals surface area contributed by atoms with Crippen molar-refractivity contribution in [3.8, 4) is 11.3 Å². The summed E-state index contributed by atoms with van der Waals surface area (Å²) in [5.74, 6) is 0.0451. The monoisotopic (exact) mass is 510 g/mol. The zero-order valence-corrected chi connectivity index (χ0v) is 20.5. The predicted molar refractivity (Wildman–Crippen MR) is 135 cm³/mol. The molecule has 1 fully saturated rings. The molecule has 1 amide bonds. The lowest BCUT2D eigenvalue weighted by Crippen LogP contribution is -2.41. The lowest BCUT2D eigenvalue weighted by molar-refractivity contribution is -0.125. The zero-order chi connectivity index (χ0) is 25.4. The van der Waals surface area contributed by atoms with Gasteiger partial charge in [0.15, 0.2) is 5.82 Å². The fourth-order valence-corrected chi connectivity index (χ4v) is 4.50. The summed E-state index contributed by atoms with van der Waals surface area (Å²) < 4.78 is 22.0. The van der Waals surface area contributed by atoms with Gasteiger partial charge in [0.2, 0.25) is 5.95 Å². The van der Waals surface area contributed by atoms with Crippen LogP contribution in [0.3, 0.4) is 0 Å². The quantitative estimate of drug-likeness (QED) is 0.394. The molecule has 2 aromatic heterocycles. The van der Waals surface area contributed by atoms with E-state index in [1.807, 2.05) is 38.1 Å². The number of carbonyl (C=O) groups is 1. The van der Waals surface area contributed by atoms with E-state index in [4.69, 9.17) is 16.3 Å². The van der Waals surface area contributed by atoms with Gasteiger partial charge < -0.3 is 24.6 Å². The Morgan fingerprint density at radius 1 is 1.22 bits per heavy atom. The third-order valence-electron chi connectivity index (χ3n) is 5.92. The molecule has 2 N–H and O–H groups in total. The highest BCUT2D eigenvalue weighted by molar-refractivity contribution is 6.33. The Morgan fingerprint density at radius 3 is 2.69 bits per heavy atom. The molecule has 0 bridgehead atoms. The molecular formula is C25H24ClFN6O3. The number of ether oxygens (including phenoxy) is 1. The van der Waals surface area contributed by atoms with E-state index in [1.54, 1.807) is 15.5 Å². The summed E-state index contributed by atoms with van der Waals surface area (Å²) in [7, 11) is 0. The maximum absolute atomic E-state index is 15.0. The SMILES string of the molecule is CC(C)n1c(CO)nc2c(F)cc(-c3nc(Nc4ccc(N5CCOCC5=O)cc4)ncc3Cl)cc21. The van der Waals surface area contributed by atoms with Gasteiger partial charge in [0.25, 0.3) is 5.91 Å². The first-order valence-electron chi connectivity index (χ1n) is 11.4. The molecule has 1 saturated heterocycles. The van der Waals surface area contributed by atoms with Gasteiger partial charge in [0.05, 0.1) is 29.0 Å². The van der Waals surface area contributed by atoms with E-state index in [-0.39, 0.29) is 41.7 Å². The Hall–Kier alpha value is -3.60. The first kappa shape index (κ1) is 24.1. The van der Waals surface area contributed by atoms with Crippen molar-refractivity contribution in [2.75, 3.05) is 30.0 Å². The van der Waals surface area contributed by atoms with Gasteiger partial charge in [0, 0.05) is 29.5 Å². The number of hydrogen-bond donors (Lipinski definition) is 2. The lowest BCUT2D eigenvalue weighted by Gasteiger charge is -2.26. The average Bonchev–Trinajstić information content (AvgIpc) is 3.26. The highest BCUT2D eigenvalue weighted by atomic mass is 35.5. The summed E-state index contributed by atoms with van der Waals surface area (Å²) in [6.07, 6.45) is 1.45. The fourth-order valence-electron chi connectivity index (χ4n) is 4.30. The number of nitrogens with zero attached hydrogens (tertiary/aromatic N) is 5. The molecule has 2 aromatic carbocycles. The van der Waals surface area contributed by atoms with Crippen LogP contribution in [0.25, 0.3) is 22.3 Å². The van der Waals surface area contributed by atoms with Crippen molar-refractivity contribution < 1.29 is 19.0 Å². The number of hydrogen-bond acceptors (Lipinski definition) is 7. The molecule has 186 valence electrons. The van der Waals surface area contributed by atoms with Gasteiger partial charge in [-0.05, 0) is 50.2 Å². The third kappa shape index (κ3) is 4.50. The van der Waals surface area contributed by atoms with E-state index < -0.39 is 5.82 Å². The Balaban J connectivity index is 1.46. The van der Waals surface area contributed by atoms with Crippen LogP contribution in [0.1, 0.15) is 25.7 Å². The van der Waals surface area contributed by atoms with Gasteiger partial charge in [-0.15, -0.1) is 0 Å². The smallest absolute Gasteiger partial charge is 0.253 e. The molecule has 0 unspecified atom stereocenters. The van der Waals surface area contributed by atoms with Crippen LogP contribution in [0.15, 0.2) is 42.6 Å². The number of amides is 1. The number of benzene rings is 2. The Bertz CT molecular complexity index is 1440. The van der Waals surface area contributed by atoms with Crippen molar-refractivity contribution in [1.82, 2.24) is 19.5 Å². The molecule has 0 aliphatic carbocycles. The second kappa shape index (κ2) is 9.81. The predicted octanol–water partition coefficient (Wildman–Crippen LogP) is 4.47. The van der Waals surface area contributed by atoms with E-state index >= 15 is 4.39 Å². The van der Waals surface area contributed by atoms with Gasteiger partial charge in [-0.2, -0.15) is 0 Å². The van der Waals surface area contributed by atoms with Crippen LogP contribution >= 0.6 is 11.6 Å². The van der Waals surface area contributed by atoms with Crippen LogP contribution in [0, 0.1) is 5.82 Å². The summed E-state index contributed by atoms with van der Waals surface area (Å²) in [6.45, 7) is 4.65. The third-order valence-corrected chi connectivity index (χ3v) is 6.19. The van der Waals surface area contributed by atoms with Crippen LogP contribution in [-0.2, 0) is 16.1 Å². The number of halogens is 2. The summed E-state index contributed by atoms with van der Waals surface area (Å²) >= 11 is 6.41. The average molecular weight is 511 g/mol. The van der Waals surface area contributed by atoms with Crippen LogP contribution in [0.4, 0.5) is 21.7 Å². The Kier molecular flexibility index (Phi) is 6.57. The highest BCUT2D eigenvalue weighted by Crippen LogP contribution is 2.33. The van der Waals surface area contributed by atoms with E-state index in [0.717, 1.165) is 5.69 Å². The molecule has 3 heterocycles. The largest absolute Gasteiger partial charge is 0.388 e. The molecule has 0 radical (unpaired) electrons. The van der Waals surface area contributed by atoms with E-state index in [1.165, 1.54) is 12.3 Å². The number of aliphatic hydroxyl groups is 1. The number of anilines is 3. The van der Waals surface area contributed by atoms with Crippen LogP contribution in [-0.4, -0.2) is 50.3 Å². The number of morpholine rings is 1. The molecule has 1 aliphatic rings. The molecule has 4 aromatic rings. The van der Waals surface area contributed by atoms with Gasteiger partial charge >= 0.3 is 0 Å². The van der Waals surface area contributed by atoms with Crippen LogP contribution < -0.4 is 10.2 Å². The van der Waals surface area contributed by atoms with Crippen molar-refractivity contribution in [2.45, 2.75) is 26.5 Å². The minimum atomic E-state index is -0.533. The zero-order valence-electron chi connectivity index (χ0n) is 19.7. The molecular weight excluding hydrogens is 487 g/mol. The van der Waals surface area contributed by atoms with Crippen molar-refractivity contribution in [2.24, 2.45) is 0 Å². The maximum Gasteiger partial charge on any atom is 0.253 e. The maximum atomic E-state index is 15.0. The topological polar surface area (TPSA) is 105 Å². The lowest BCUT2D eigenvalue weighted by atomic mass is 10.1. The molecule has 11 heteroatoms. The Labute approximate surface area is 211 Å². The number of rotatable bonds is 6. The van der Waals surface area contributed by atoms with Crippen molar-refractivity contribution in [3.63, 3.8) is 0 Å². The molecule has 0 atom stereocenters. The first-order chi connectivity index (χ1) is 17.4. The standard InChI is InChI=1S/C25H24ClFN6O3/c1-14(2)33-20-10-15(9-19(27)24(20)30-21(33)12-34)23-18(26)11-28-25(31-23)29-16-3-5-17(6-4-16)32-7-8-36-13-22(32)35/h3-6,9-11,14,34H,7-8,12-13H2,1-2H3,(H,28,29,31). The van der Waals surface area contributed by atoms with Gasteiger partial charge in [0.1, 0.15) is 24.6 Å². The first-order valence-corrected chi connectivity index (χ1v) is 11.8. The Morgan fingerprint density at radius 2 is 2.00 bits per heavy atom. The van der Waals surface area contributed by atoms with Crippen molar-refractivity contribution in [3.05, 3.63) is 59.3 Å². The number of nitrogens with one attached hydrogen (secondary N) is 1. The molecule has 9 nitrogen and oxygen atoms in total. The normalized spacial score (nSPS) is 14.2. The van der Waals surface area contributed by atoms with Crippen molar-refractivity contribution in [1.29, 1.82) is 0 Å². The molecule has 1 aliphatic heterocycles. The highest BCUT2D eigenvalue weighted by Gasteiger charge is 2.21. The van der Waals surface area contributed by atoms with Crippen molar-refractivity contribution >= 4 is 45.9 Å². The summed E-state index contributed by atoms with van der Waals surface area (Å²) in [4.78, 5) is 26.8. The minimum absolute atomic E-state index is 0.0411. The van der Waals surface area contributed by atoms with E-state index in [2.05, 4.69) is 20.3 Å². The molecule has 0 saturated carbocycles. The van der Waals surface area contributed by atoms with E-state index in [0.29, 0.717) is 41.4 Å². The number of fused-ring (bicyclic) bond motifs is 1. The second-order valence-corrected chi connectivity index (χ2v) is 9.04. The van der Waals surface area contributed by atoms with Gasteiger partial charge in [-0.1, -0.05) is 11.6 Å². The van der Waals surface area contributed by atoms with E-state index in [9.17, 15) is 9.90 Å². The fraction of sp³-hybridized carbons (Fsp3) is 0.280. The summed E-state index contributed by atoms with van der Waals surface area (Å²) in [5, 5.41) is 13.1. The molecule has 36 heavy (non-hydrogen) atoms. The van der Waals surface area contributed by atoms with Gasteiger partial charge in [-0.25, -0.2) is 19.3 Å². The molecule has 0 spiro atoms. The summed E-state index contributed by atoms with van der Waals surface area (Å²) in [5.41, 5.74) is 3.02. The number of aromatic nitrogens is 4. The number of imidazole rings is 1.